The van der Waals surface area contributed by atoms with Gasteiger partial charge in [0.15, 0.2) is 0 Å². The molecule has 0 bridgehead atoms. The Kier molecular flexibility index (Phi) is 6.04. The number of rotatable bonds is 5. The molecule has 0 spiro atoms. The number of nitrogens with zero attached hydrogens (tertiary/aromatic N) is 1. The van der Waals surface area contributed by atoms with Crippen molar-refractivity contribution < 1.29 is 14.4 Å². The molecule has 0 aliphatic carbocycles. The molecule has 0 heterocycles. The van der Waals surface area contributed by atoms with Gasteiger partial charge in [-0.2, -0.15) is 0 Å². The first-order chi connectivity index (χ1) is 11.0. The second-order valence-electron chi connectivity index (χ2n) is 4.54. The molecular formula is C16H14ClFN2O2S. The van der Waals surface area contributed by atoms with Gasteiger partial charge in [-0.15, -0.1) is 0 Å². The van der Waals surface area contributed by atoms with E-state index < -0.39 is 6.03 Å². The van der Waals surface area contributed by atoms with E-state index in [0.29, 0.717) is 20.5 Å². The zero-order valence-corrected chi connectivity index (χ0v) is 13.5. The molecule has 2 rings (SSSR count). The summed E-state index contributed by atoms with van der Waals surface area (Å²) >= 11 is 7.10. The highest BCUT2D eigenvalue weighted by atomic mass is 35.5. The molecule has 0 radical (unpaired) electrons. The summed E-state index contributed by atoms with van der Waals surface area (Å²) in [4.78, 5) is 12.0. The van der Waals surface area contributed by atoms with Crippen LogP contribution in [0.1, 0.15) is 5.56 Å². The van der Waals surface area contributed by atoms with Crippen molar-refractivity contribution in [1.82, 2.24) is 5.06 Å². The molecule has 0 fully saturated rings. The second-order valence-corrected chi connectivity index (χ2v) is 6.06. The molecule has 4 nitrogen and oxygen atoms in total. The molecular weight excluding hydrogens is 339 g/mol. The second kappa shape index (κ2) is 8.01. The van der Waals surface area contributed by atoms with E-state index in [0.717, 1.165) is 4.90 Å². The summed E-state index contributed by atoms with van der Waals surface area (Å²) in [7, 11) is 0. The molecule has 2 aromatic carbocycles. The number of nitrogens with two attached hydrogens (primary N) is 1. The normalized spacial score (nSPS) is 10.9. The maximum absolute atomic E-state index is 14.1. The van der Waals surface area contributed by atoms with E-state index in [2.05, 4.69) is 0 Å². The number of carbonyl (C=O) groups excluding carboxylic acids is 1. The van der Waals surface area contributed by atoms with Crippen molar-refractivity contribution in [1.29, 1.82) is 0 Å². The zero-order valence-electron chi connectivity index (χ0n) is 11.9. The summed E-state index contributed by atoms with van der Waals surface area (Å²) in [5, 5.41) is 10.2. The Bertz CT molecular complexity index is 723. The number of primary amides is 1. The SMILES string of the molecule is NC(=O)N(O)C/C=C/c1cccc(F)c1Sc1ccc(Cl)cc1. The van der Waals surface area contributed by atoms with Crippen LogP contribution in [0.2, 0.25) is 5.02 Å². The number of benzene rings is 2. The first-order valence-electron chi connectivity index (χ1n) is 6.61. The monoisotopic (exact) mass is 352 g/mol. The van der Waals surface area contributed by atoms with Crippen LogP contribution in [0.25, 0.3) is 6.08 Å². The van der Waals surface area contributed by atoms with Gasteiger partial charge in [0, 0.05) is 9.92 Å². The fourth-order valence-electron chi connectivity index (χ4n) is 1.75. The number of hydrogen-bond donors (Lipinski definition) is 2. The molecule has 23 heavy (non-hydrogen) atoms. The number of hydrogen-bond acceptors (Lipinski definition) is 3. The minimum absolute atomic E-state index is 0.0864. The Hall–Kier alpha value is -2.02. The van der Waals surface area contributed by atoms with Crippen molar-refractivity contribution in [3.8, 4) is 0 Å². The van der Waals surface area contributed by atoms with E-state index in [9.17, 15) is 14.4 Å². The third-order valence-electron chi connectivity index (χ3n) is 2.86. The number of carbonyl (C=O) groups is 1. The summed E-state index contributed by atoms with van der Waals surface area (Å²) in [5.74, 6) is -0.358. The quantitative estimate of drug-likeness (QED) is 0.618. The highest BCUT2D eigenvalue weighted by Crippen LogP contribution is 2.33. The van der Waals surface area contributed by atoms with E-state index in [-0.39, 0.29) is 12.4 Å². The van der Waals surface area contributed by atoms with Crippen molar-refractivity contribution in [3.63, 3.8) is 0 Å². The Morgan fingerprint density at radius 2 is 2.00 bits per heavy atom. The summed E-state index contributed by atoms with van der Waals surface area (Å²) < 4.78 is 14.1. The van der Waals surface area contributed by atoms with Gasteiger partial charge in [-0.3, -0.25) is 5.21 Å². The van der Waals surface area contributed by atoms with Gasteiger partial charge in [-0.05, 0) is 35.9 Å². The molecule has 0 aliphatic rings. The molecule has 120 valence electrons. The lowest BCUT2D eigenvalue weighted by molar-refractivity contribution is -0.0286. The lowest BCUT2D eigenvalue weighted by Crippen LogP contribution is -2.32. The summed E-state index contributed by atoms with van der Waals surface area (Å²) in [6, 6.07) is 10.8. The van der Waals surface area contributed by atoms with Crippen molar-refractivity contribution in [2.24, 2.45) is 5.73 Å². The highest BCUT2D eigenvalue weighted by molar-refractivity contribution is 7.99. The fraction of sp³-hybridized carbons (Fsp3) is 0.0625. The molecule has 0 aliphatic heterocycles. The van der Waals surface area contributed by atoms with Crippen LogP contribution in [-0.2, 0) is 0 Å². The van der Waals surface area contributed by atoms with Gasteiger partial charge in [-0.1, -0.05) is 47.6 Å². The molecule has 3 N–H and O–H groups in total. The third kappa shape index (κ3) is 4.99. The average Bonchev–Trinajstić information content (AvgIpc) is 2.52. The molecule has 7 heteroatoms. The number of hydroxylamine groups is 2. The van der Waals surface area contributed by atoms with Gasteiger partial charge >= 0.3 is 6.03 Å². The minimum Gasteiger partial charge on any atom is -0.350 e. The van der Waals surface area contributed by atoms with Gasteiger partial charge in [0.05, 0.1) is 11.4 Å². The molecule has 0 unspecified atom stereocenters. The lowest BCUT2D eigenvalue weighted by Gasteiger charge is -2.09. The van der Waals surface area contributed by atoms with Gasteiger partial charge in [0.2, 0.25) is 0 Å². The number of urea groups is 1. The molecule has 0 aromatic heterocycles. The topological polar surface area (TPSA) is 66.6 Å². The van der Waals surface area contributed by atoms with Crippen LogP contribution in [0, 0.1) is 5.82 Å². The van der Waals surface area contributed by atoms with Crippen molar-refractivity contribution >= 4 is 35.5 Å². The van der Waals surface area contributed by atoms with Crippen LogP contribution >= 0.6 is 23.4 Å². The van der Waals surface area contributed by atoms with Crippen LogP contribution in [0.15, 0.2) is 58.3 Å². The van der Waals surface area contributed by atoms with E-state index >= 15 is 0 Å². The van der Waals surface area contributed by atoms with Crippen LogP contribution in [0.4, 0.5) is 9.18 Å². The van der Waals surface area contributed by atoms with Gasteiger partial charge in [-0.25, -0.2) is 14.2 Å². The largest absolute Gasteiger partial charge is 0.350 e. The Morgan fingerprint density at radius 1 is 1.30 bits per heavy atom. The van der Waals surface area contributed by atoms with E-state index in [1.54, 1.807) is 42.5 Å². The Balaban J connectivity index is 2.20. The first kappa shape index (κ1) is 17.3. The van der Waals surface area contributed by atoms with Crippen molar-refractivity contribution in [3.05, 3.63) is 64.9 Å². The molecule has 0 saturated heterocycles. The highest BCUT2D eigenvalue weighted by Gasteiger charge is 2.09. The molecule has 0 atom stereocenters. The Morgan fingerprint density at radius 3 is 2.65 bits per heavy atom. The maximum atomic E-state index is 14.1. The smallest absolute Gasteiger partial charge is 0.338 e. The standard InChI is InChI=1S/C16H14ClFN2O2S/c17-12-6-8-13(9-7-12)23-15-11(3-1-5-14(15)18)4-2-10-20(22)16(19)21/h1-9,22H,10H2,(H2,19,21)/b4-2+. The summed E-state index contributed by atoms with van der Waals surface area (Å²) in [6.45, 7) is -0.0864. The van der Waals surface area contributed by atoms with E-state index in [1.165, 1.54) is 23.9 Å². The van der Waals surface area contributed by atoms with Gasteiger partial charge in [0.1, 0.15) is 5.82 Å². The molecule has 0 saturated carbocycles. The van der Waals surface area contributed by atoms with Crippen LogP contribution in [-0.4, -0.2) is 22.8 Å². The lowest BCUT2D eigenvalue weighted by atomic mass is 10.2. The van der Waals surface area contributed by atoms with Crippen LogP contribution < -0.4 is 5.73 Å². The van der Waals surface area contributed by atoms with E-state index in [4.69, 9.17) is 17.3 Å². The summed E-state index contributed by atoms with van der Waals surface area (Å²) in [5.41, 5.74) is 5.54. The molecule has 2 aromatic rings. The van der Waals surface area contributed by atoms with Crippen molar-refractivity contribution in [2.45, 2.75) is 9.79 Å². The zero-order chi connectivity index (χ0) is 16.8. The third-order valence-corrected chi connectivity index (χ3v) is 4.26. The minimum atomic E-state index is -0.954. The number of amides is 2. The maximum Gasteiger partial charge on any atom is 0.338 e. The average molecular weight is 353 g/mol. The summed E-state index contributed by atoms with van der Waals surface area (Å²) in [6.07, 6.45) is 3.14. The van der Waals surface area contributed by atoms with Crippen LogP contribution in [0.3, 0.4) is 0 Å². The van der Waals surface area contributed by atoms with Crippen LogP contribution in [0.5, 0.6) is 0 Å². The van der Waals surface area contributed by atoms with Gasteiger partial charge in [0.25, 0.3) is 0 Å². The first-order valence-corrected chi connectivity index (χ1v) is 7.81. The predicted molar refractivity (Wildman–Crippen MR) is 89.1 cm³/mol. The van der Waals surface area contributed by atoms with E-state index in [1.807, 2.05) is 0 Å². The molecule has 2 amide bonds. The number of halogens is 2. The fourth-order valence-corrected chi connectivity index (χ4v) is 2.81. The van der Waals surface area contributed by atoms with Gasteiger partial charge < -0.3 is 5.73 Å². The predicted octanol–water partition coefficient (Wildman–Crippen LogP) is 4.41. The van der Waals surface area contributed by atoms with Crippen molar-refractivity contribution in [2.75, 3.05) is 6.54 Å². The Labute approximate surface area is 142 Å².